The highest BCUT2D eigenvalue weighted by Crippen LogP contribution is 2.31. The first-order valence-electron chi connectivity index (χ1n) is 6.02. The third-order valence-electron chi connectivity index (χ3n) is 3.24. The van der Waals surface area contributed by atoms with Gasteiger partial charge in [-0.1, -0.05) is 18.2 Å². The Kier molecular flexibility index (Phi) is 2.79. The van der Waals surface area contributed by atoms with Gasteiger partial charge in [-0.05, 0) is 24.3 Å². The van der Waals surface area contributed by atoms with E-state index in [1.165, 1.54) is 36.4 Å². The Labute approximate surface area is 118 Å². The third kappa shape index (κ3) is 1.80. The first kappa shape index (κ1) is 13.0. The fraction of sp³-hybridized carbons (Fsp3) is 0. The van der Waals surface area contributed by atoms with Crippen LogP contribution < -0.4 is 4.90 Å². The SMILES string of the molecule is O=C(O)c1ccccc1N1C(=O)c2cccc(F)c2C1=O. The van der Waals surface area contributed by atoms with Crippen molar-refractivity contribution in [1.29, 1.82) is 0 Å². The van der Waals surface area contributed by atoms with Gasteiger partial charge in [-0.25, -0.2) is 14.1 Å². The molecule has 6 heteroatoms. The first-order valence-corrected chi connectivity index (χ1v) is 6.02. The number of carbonyl (C=O) groups is 3. The van der Waals surface area contributed by atoms with Gasteiger partial charge in [0.2, 0.25) is 0 Å². The number of carboxylic acid groups (broad SMARTS) is 1. The Bertz CT molecular complexity index is 800. The molecule has 3 rings (SSSR count). The van der Waals surface area contributed by atoms with Crippen molar-refractivity contribution in [3.05, 3.63) is 65.0 Å². The Balaban J connectivity index is 2.20. The molecule has 0 aliphatic carbocycles. The molecule has 2 amide bonds. The van der Waals surface area contributed by atoms with Crippen LogP contribution >= 0.6 is 0 Å². The number of carboxylic acids is 1. The van der Waals surface area contributed by atoms with Crippen molar-refractivity contribution >= 4 is 23.5 Å². The Hall–Kier alpha value is -3.02. The van der Waals surface area contributed by atoms with Crippen LogP contribution in [0.5, 0.6) is 0 Å². The molecule has 1 aliphatic rings. The van der Waals surface area contributed by atoms with Crippen molar-refractivity contribution in [2.75, 3.05) is 4.90 Å². The molecule has 1 heterocycles. The molecule has 1 aliphatic heterocycles. The number of fused-ring (bicyclic) bond motifs is 1. The summed E-state index contributed by atoms with van der Waals surface area (Å²) in [6, 6.07) is 9.33. The van der Waals surface area contributed by atoms with E-state index in [0.717, 1.165) is 6.07 Å². The number of para-hydroxylation sites is 1. The van der Waals surface area contributed by atoms with Gasteiger partial charge in [0, 0.05) is 0 Å². The molecule has 0 spiro atoms. The number of benzene rings is 2. The average molecular weight is 285 g/mol. The first-order chi connectivity index (χ1) is 10.0. The van der Waals surface area contributed by atoms with E-state index in [2.05, 4.69) is 0 Å². The number of hydrogen-bond donors (Lipinski definition) is 1. The summed E-state index contributed by atoms with van der Waals surface area (Å²) in [5, 5.41) is 9.15. The summed E-state index contributed by atoms with van der Waals surface area (Å²) in [4.78, 5) is 36.5. The monoisotopic (exact) mass is 285 g/mol. The second-order valence-electron chi connectivity index (χ2n) is 4.43. The van der Waals surface area contributed by atoms with Crippen molar-refractivity contribution in [1.82, 2.24) is 0 Å². The van der Waals surface area contributed by atoms with E-state index >= 15 is 0 Å². The third-order valence-corrected chi connectivity index (χ3v) is 3.24. The number of rotatable bonds is 2. The van der Waals surface area contributed by atoms with Crippen LogP contribution in [0.2, 0.25) is 0 Å². The predicted octanol–water partition coefficient (Wildman–Crippen LogP) is 2.32. The maximum Gasteiger partial charge on any atom is 0.337 e. The molecule has 0 atom stereocenters. The van der Waals surface area contributed by atoms with Crippen LogP contribution in [-0.4, -0.2) is 22.9 Å². The normalized spacial score (nSPS) is 13.5. The zero-order valence-electron chi connectivity index (χ0n) is 10.5. The van der Waals surface area contributed by atoms with Gasteiger partial charge in [-0.2, -0.15) is 0 Å². The van der Waals surface area contributed by atoms with Crippen LogP contribution in [0.15, 0.2) is 42.5 Å². The smallest absolute Gasteiger partial charge is 0.337 e. The molecular formula is C15H8FNO4. The molecule has 5 nitrogen and oxygen atoms in total. The maximum absolute atomic E-state index is 13.7. The van der Waals surface area contributed by atoms with Crippen molar-refractivity contribution in [3.8, 4) is 0 Å². The van der Waals surface area contributed by atoms with Gasteiger partial charge >= 0.3 is 5.97 Å². The van der Waals surface area contributed by atoms with E-state index in [4.69, 9.17) is 5.11 Å². The zero-order chi connectivity index (χ0) is 15.1. The van der Waals surface area contributed by atoms with Crippen LogP contribution in [0, 0.1) is 5.82 Å². The number of imide groups is 1. The van der Waals surface area contributed by atoms with Crippen LogP contribution in [0.3, 0.4) is 0 Å². The molecule has 0 unspecified atom stereocenters. The fourth-order valence-electron chi connectivity index (χ4n) is 2.31. The minimum atomic E-state index is -1.28. The summed E-state index contributed by atoms with van der Waals surface area (Å²) in [7, 11) is 0. The molecular weight excluding hydrogens is 277 g/mol. The van der Waals surface area contributed by atoms with Crippen molar-refractivity contribution in [3.63, 3.8) is 0 Å². The summed E-state index contributed by atoms with van der Waals surface area (Å²) in [5.74, 6) is -3.67. The fourth-order valence-corrected chi connectivity index (χ4v) is 2.31. The lowest BCUT2D eigenvalue weighted by molar-refractivity contribution is 0.0698. The van der Waals surface area contributed by atoms with Crippen LogP contribution in [0.25, 0.3) is 0 Å². The van der Waals surface area contributed by atoms with Gasteiger partial charge in [0.25, 0.3) is 11.8 Å². The molecule has 0 aromatic heterocycles. The lowest BCUT2D eigenvalue weighted by Gasteiger charge is -2.16. The molecule has 0 fully saturated rings. The van der Waals surface area contributed by atoms with E-state index in [0.29, 0.717) is 4.90 Å². The second kappa shape index (κ2) is 4.52. The van der Waals surface area contributed by atoms with Crippen LogP contribution in [0.1, 0.15) is 31.1 Å². The largest absolute Gasteiger partial charge is 0.478 e. The summed E-state index contributed by atoms with van der Waals surface area (Å²) in [6.07, 6.45) is 0. The second-order valence-corrected chi connectivity index (χ2v) is 4.43. The zero-order valence-corrected chi connectivity index (χ0v) is 10.5. The van der Waals surface area contributed by atoms with Gasteiger partial charge < -0.3 is 5.11 Å². The van der Waals surface area contributed by atoms with Crippen molar-refractivity contribution < 1.29 is 23.9 Å². The summed E-state index contributed by atoms with van der Waals surface area (Å²) >= 11 is 0. The number of carbonyl (C=O) groups excluding carboxylic acids is 2. The highest BCUT2D eigenvalue weighted by atomic mass is 19.1. The molecule has 2 aromatic carbocycles. The molecule has 2 aromatic rings. The lowest BCUT2D eigenvalue weighted by Crippen LogP contribution is -2.31. The van der Waals surface area contributed by atoms with E-state index in [9.17, 15) is 18.8 Å². The number of aromatic carboxylic acids is 1. The number of anilines is 1. The molecule has 0 saturated carbocycles. The van der Waals surface area contributed by atoms with E-state index in [-0.39, 0.29) is 22.4 Å². The van der Waals surface area contributed by atoms with Crippen molar-refractivity contribution in [2.45, 2.75) is 0 Å². The highest BCUT2D eigenvalue weighted by Gasteiger charge is 2.40. The molecule has 104 valence electrons. The number of nitrogens with zero attached hydrogens (tertiary/aromatic N) is 1. The average Bonchev–Trinajstić information content (AvgIpc) is 2.72. The van der Waals surface area contributed by atoms with E-state index < -0.39 is 23.6 Å². The quantitative estimate of drug-likeness (QED) is 0.859. The highest BCUT2D eigenvalue weighted by molar-refractivity contribution is 6.35. The van der Waals surface area contributed by atoms with Gasteiger partial charge in [-0.15, -0.1) is 0 Å². The van der Waals surface area contributed by atoms with E-state index in [1.54, 1.807) is 0 Å². The van der Waals surface area contributed by atoms with Crippen LogP contribution in [-0.2, 0) is 0 Å². The van der Waals surface area contributed by atoms with Crippen LogP contribution in [0.4, 0.5) is 10.1 Å². The minimum Gasteiger partial charge on any atom is -0.478 e. The summed E-state index contributed by atoms with van der Waals surface area (Å²) < 4.78 is 13.7. The summed E-state index contributed by atoms with van der Waals surface area (Å²) in [5.41, 5.74) is -0.675. The Morgan fingerprint density at radius 2 is 1.71 bits per heavy atom. The Morgan fingerprint density at radius 1 is 1.00 bits per heavy atom. The van der Waals surface area contributed by atoms with E-state index in [1.807, 2.05) is 0 Å². The molecule has 0 saturated heterocycles. The van der Waals surface area contributed by atoms with Gasteiger partial charge in [0.1, 0.15) is 5.82 Å². The topological polar surface area (TPSA) is 74.7 Å². The molecule has 1 N–H and O–H groups in total. The minimum absolute atomic E-state index is 0.0693. The lowest BCUT2D eigenvalue weighted by atomic mass is 10.1. The van der Waals surface area contributed by atoms with Gasteiger partial charge in [-0.3, -0.25) is 9.59 Å². The standard InChI is InChI=1S/C15H8FNO4/c16-10-6-3-5-9-12(10)14(19)17(13(9)18)11-7-2-1-4-8(11)15(20)21/h1-7H,(H,20,21). The predicted molar refractivity (Wildman–Crippen MR) is 70.9 cm³/mol. The van der Waals surface area contributed by atoms with Gasteiger partial charge in [0.05, 0.1) is 22.4 Å². The molecule has 0 radical (unpaired) electrons. The maximum atomic E-state index is 13.7. The molecule has 0 bridgehead atoms. The van der Waals surface area contributed by atoms with Gasteiger partial charge in [0.15, 0.2) is 0 Å². The number of halogens is 1. The molecule has 21 heavy (non-hydrogen) atoms. The number of hydrogen-bond acceptors (Lipinski definition) is 3. The number of amides is 2. The Morgan fingerprint density at radius 3 is 2.38 bits per heavy atom. The van der Waals surface area contributed by atoms with Crippen molar-refractivity contribution in [2.24, 2.45) is 0 Å². The summed E-state index contributed by atoms with van der Waals surface area (Å²) in [6.45, 7) is 0.